The second-order valence-corrected chi connectivity index (χ2v) is 2.45. The zero-order chi connectivity index (χ0) is 8.27. The SMILES string of the molecule is CC(C(=O)[O-])c1ccccc1. The maximum atomic E-state index is 10.4. The lowest BCUT2D eigenvalue weighted by Gasteiger charge is -2.11. The quantitative estimate of drug-likeness (QED) is 0.615. The molecule has 0 N–H and O–H groups in total. The van der Waals surface area contributed by atoms with Crippen molar-refractivity contribution in [3.05, 3.63) is 35.9 Å². The van der Waals surface area contributed by atoms with E-state index in [-0.39, 0.29) is 0 Å². The van der Waals surface area contributed by atoms with Gasteiger partial charge in [-0.2, -0.15) is 0 Å². The summed E-state index contributed by atoms with van der Waals surface area (Å²) in [6, 6.07) is 9.04. The van der Waals surface area contributed by atoms with Crippen molar-refractivity contribution in [2.24, 2.45) is 0 Å². The molecule has 0 saturated carbocycles. The van der Waals surface area contributed by atoms with Crippen LogP contribution in [0.25, 0.3) is 0 Å². The van der Waals surface area contributed by atoms with E-state index >= 15 is 0 Å². The number of aliphatic carboxylic acids is 1. The van der Waals surface area contributed by atoms with Crippen molar-refractivity contribution in [2.45, 2.75) is 12.8 Å². The Hall–Kier alpha value is -1.31. The molecule has 1 unspecified atom stereocenters. The standard InChI is InChI=1S/C9H10O2/c1-7(9(10)11)8-5-3-2-4-6-8/h2-7H,1H3,(H,10,11)/p-1. The molecule has 0 radical (unpaired) electrons. The second-order valence-electron chi connectivity index (χ2n) is 2.45. The predicted molar refractivity (Wildman–Crippen MR) is 39.9 cm³/mol. The van der Waals surface area contributed by atoms with Gasteiger partial charge in [0, 0.05) is 11.9 Å². The van der Waals surface area contributed by atoms with Gasteiger partial charge in [0.15, 0.2) is 0 Å². The molecular weight excluding hydrogens is 140 g/mol. The number of hydrogen-bond acceptors (Lipinski definition) is 2. The third-order valence-electron chi connectivity index (χ3n) is 1.65. The molecule has 1 atom stereocenters. The van der Waals surface area contributed by atoms with Crippen LogP contribution in [0.15, 0.2) is 30.3 Å². The first-order valence-electron chi connectivity index (χ1n) is 3.47. The van der Waals surface area contributed by atoms with Gasteiger partial charge in [0.25, 0.3) is 0 Å². The van der Waals surface area contributed by atoms with Gasteiger partial charge >= 0.3 is 0 Å². The Morgan fingerprint density at radius 2 is 1.91 bits per heavy atom. The Kier molecular flexibility index (Phi) is 2.26. The highest BCUT2D eigenvalue weighted by Gasteiger charge is 2.03. The average molecular weight is 149 g/mol. The smallest absolute Gasteiger partial charge is 0.0486 e. The topological polar surface area (TPSA) is 40.1 Å². The summed E-state index contributed by atoms with van der Waals surface area (Å²) < 4.78 is 0. The van der Waals surface area contributed by atoms with Gasteiger partial charge in [-0.1, -0.05) is 37.3 Å². The molecule has 58 valence electrons. The molecule has 0 aliphatic heterocycles. The van der Waals surface area contributed by atoms with E-state index in [4.69, 9.17) is 0 Å². The maximum Gasteiger partial charge on any atom is 0.0486 e. The van der Waals surface area contributed by atoms with Crippen LogP contribution < -0.4 is 5.11 Å². The summed E-state index contributed by atoms with van der Waals surface area (Å²) in [5, 5.41) is 10.4. The van der Waals surface area contributed by atoms with Gasteiger partial charge < -0.3 is 9.90 Å². The van der Waals surface area contributed by atoms with Gasteiger partial charge in [-0.25, -0.2) is 0 Å². The Morgan fingerprint density at radius 1 is 1.36 bits per heavy atom. The molecular formula is C9H9O2-. The van der Waals surface area contributed by atoms with Crippen molar-refractivity contribution in [2.75, 3.05) is 0 Å². The molecule has 0 amide bonds. The normalized spacial score (nSPS) is 12.5. The van der Waals surface area contributed by atoms with Gasteiger partial charge in [-0.15, -0.1) is 0 Å². The third-order valence-corrected chi connectivity index (χ3v) is 1.65. The highest BCUT2D eigenvalue weighted by atomic mass is 16.4. The molecule has 0 spiro atoms. The fourth-order valence-electron chi connectivity index (χ4n) is 0.878. The lowest BCUT2D eigenvalue weighted by Crippen LogP contribution is -2.27. The summed E-state index contributed by atoms with van der Waals surface area (Å²) in [5.74, 6) is -1.55. The molecule has 1 rings (SSSR count). The van der Waals surface area contributed by atoms with Crippen LogP contribution in [0, 0.1) is 0 Å². The molecule has 0 fully saturated rings. The van der Waals surface area contributed by atoms with Crippen molar-refractivity contribution in [1.82, 2.24) is 0 Å². The highest BCUT2D eigenvalue weighted by molar-refractivity contribution is 5.73. The first-order valence-corrected chi connectivity index (χ1v) is 3.47. The lowest BCUT2D eigenvalue weighted by molar-refractivity contribution is -0.307. The van der Waals surface area contributed by atoms with Crippen molar-refractivity contribution < 1.29 is 9.90 Å². The third kappa shape index (κ3) is 1.80. The van der Waals surface area contributed by atoms with Gasteiger partial charge in [0.2, 0.25) is 0 Å². The molecule has 0 bridgehead atoms. The summed E-state index contributed by atoms with van der Waals surface area (Å²) in [7, 11) is 0. The van der Waals surface area contributed by atoms with E-state index in [1.165, 1.54) is 0 Å². The van der Waals surface area contributed by atoms with Crippen LogP contribution >= 0.6 is 0 Å². The van der Waals surface area contributed by atoms with Crippen LogP contribution in [0.1, 0.15) is 18.4 Å². The average Bonchev–Trinajstić information content (AvgIpc) is 2.05. The molecule has 0 heterocycles. The zero-order valence-corrected chi connectivity index (χ0v) is 6.28. The van der Waals surface area contributed by atoms with E-state index in [0.29, 0.717) is 0 Å². The summed E-state index contributed by atoms with van der Waals surface area (Å²) >= 11 is 0. The van der Waals surface area contributed by atoms with E-state index in [1.807, 2.05) is 18.2 Å². The molecule has 1 aromatic carbocycles. The van der Waals surface area contributed by atoms with Crippen LogP contribution in [0.5, 0.6) is 0 Å². The van der Waals surface area contributed by atoms with E-state index < -0.39 is 11.9 Å². The van der Waals surface area contributed by atoms with Gasteiger partial charge in [-0.05, 0) is 5.56 Å². The molecule has 2 heteroatoms. The van der Waals surface area contributed by atoms with Crippen LogP contribution in [0.2, 0.25) is 0 Å². The largest absolute Gasteiger partial charge is 0.550 e. The molecule has 11 heavy (non-hydrogen) atoms. The van der Waals surface area contributed by atoms with Gasteiger partial charge in [0.1, 0.15) is 0 Å². The minimum absolute atomic E-state index is 0.517. The Balaban J connectivity index is 2.85. The van der Waals surface area contributed by atoms with E-state index in [1.54, 1.807) is 19.1 Å². The van der Waals surface area contributed by atoms with Crippen LogP contribution in [-0.4, -0.2) is 5.97 Å². The number of benzene rings is 1. The monoisotopic (exact) mass is 149 g/mol. The lowest BCUT2D eigenvalue weighted by atomic mass is 10.0. The summed E-state index contributed by atoms with van der Waals surface area (Å²) in [4.78, 5) is 10.4. The molecule has 0 aliphatic rings. The predicted octanol–water partition coefficient (Wildman–Crippen LogP) is 0.540. The Bertz CT molecular complexity index is 241. The number of hydrogen-bond donors (Lipinski definition) is 0. The fourth-order valence-corrected chi connectivity index (χ4v) is 0.878. The molecule has 0 aromatic heterocycles. The molecule has 1 aromatic rings. The Labute approximate surface area is 65.5 Å². The van der Waals surface area contributed by atoms with E-state index in [0.717, 1.165) is 5.56 Å². The number of carboxylic acid groups (broad SMARTS) is 1. The second kappa shape index (κ2) is 3.19. The van der Waals surface area contributed by atoms with Gasteiger partial charge in [-0.3, -0.25) is 0 Å². The van der Waals surface area contributed by atoms with Crippen LogP contribution in [-0.2, 0) is 4.79 Å². The van der Waals surface area contributed by atoms with Crippen molar-refractivity contribution in [3.63, 3.8) is 0 Å². The fraction of sp³-hybridized carbons (Fsp3) is 0.222. The highest BCUT2D eigenvalue weighted by Crippen LogP contribution is 2.12. The van der Waals surface area contributed by atoms with Crippen molar-refractivity contribution >= 4 is 5.97 Å². The molecule has 0 saturated heterocycles. The van der Waals surface area contributed by atoms with E-state index in [2.05, 4.69) is 0 Å². The number of carbonyl (C=O) groups excluding carboxylic acids is 1. The van der Waals surface area contributed by atoms with Crippen LogP contribution in [0.4, 0.5) is 0 Å². The summed E-state index contributed by atoms with van der Waals surface area (Å²) in [6.45, 7) is 1.62. The molecule has 2 nitrogen and oxygen atoms in total. The van der Waals surface area contributed by atoms with E-state index in [9.17, 15) is 9.90 Å². The minimum atomic E-state index is -1.03. The summed E-state index contributed by atoms with van der Waals surface area (Å²) in [5.41, 5.74) is 0.785. The minimum Gasteiger partial charge on any atom is -0.550 e. The summed E-state index contributed by atoms with van der Waals surface area (Å²) in [6.07, 6.45) is 0. The van der Waals surface area contributed by atoms with Crippen LogP contribution in [0.3, 0.4) is 0 Å². The maximum absolute atomic E-state index is 10.4. The van der Waals surface area contributed by atoms with Crippen molar-refractivity contribution in [3.8, 4) is 0 Å². The first-order chi connectivity index (χ1) is 5.22. The molecule has 0 aliphatic carbocycles. The number of carbonyl (C=O) groups is 1. The Morgan fingerprint density at radius 3 is 2.36 bits per heavy atom. The number of rotatable bonds is 2. The van der Waals surface area contributed by atoms with Gasteiger partial charge in [0.05, 0.1) is 0 Å². The first kappa shape index (κ1) is 7.79. The van der Waals surface area contributed by atoms with Crippen molar-refractivity contribution in [1.29, 1.82) is 0 Å². The zero-order valence-electron chi connectivity index (χ0n) is 6.28. The number of carboxylic acids is 1.